The average molecular weight is 554 g/mol. The highest BCUT2D eigenvalue weighted by molar-refractivity contribution is 5.77. The third-order valence-corrected chi connectivity index (χ3v) is 7.49. The normalized spacial score (nSPS) is 13.4. The van der Waals surface area contributed by atoms with Crippen LogP contribution in [0.1, 0.15) is 64.0 Å². The number of aromatic nitrogens is 2. The fourth-order valence-electron chi connectivity index (χ4n) is 5.25. The van der Waals surface area contributed by atoms with Crippen molar-refractivity contribution in [1.29, 1.82) is 0 Å². The van der Waals surface area contributed by atoms with Crippen molar-refractivity contribution in [3.8, 4) is 0 Å². The van der Waals surface area contributed by atoms with E-state index in [0.717, 1.165) is 127 Å². The van der Waals surface area contributed by atoms with Crippen LogP contribution in [0.5, 0.6) is 0 Å². The molecule has 2 heterocycles. The number of unbranched alkanes of at least 4 members (excludes halogenated alkanes) is 4. The number of allylic oxidation sites excluding steroid dienone is 1. The Hall–Kier alpha value is -2.79. The van der Waals surface area contributed by atoms with Crippen molar-refractivity contribution in [3.63, 3.8) is 0 Å². The van der Waals surface area contributed by atoms with E-state index >= 15 is 0 Å². The number of imidazole rings is 1. The molecule has 40 heavy (non-hydrogen) atoms. The predicted octanol–water partition coefficient (Wildman–Crippen LogP) is 3.81. The molecule has 1 aromatic heterocycles. The van der Waals surface area contributed by atoms with Crippen molar-refractivity contribution in [2.24, 2.45) is 33.2 Å². The summed E-state index contributed by atoms with van der Waals surface area (Å²) >= 11 is 0. The minimum absolute atomic E-state index is 0.678. The SMILES string of the molecule is C=C(C)c1c[n+](CCCCN)c(N=Nc2ccc3c(c2)N(CCCCN)CCN3CCCCN)n1CCCCN. The zero-order valence-corrected chi connectivity index (χ0v) is 24.7. The molecule has 2 aromatic rings. The van der Waals surface area contributed by atoms with Crippen molar-refractivity contribution in [1.82, 2.24) is 4.57 Å². The Balaban J connectivity index is 1.94. The molecule has 1 aliphatic rings. The maximum Gasteiger partial charge on any atom is 0.422 e. The number of hydrogen-bond acceptors (Lipinski definition) is 8. The number of anilines is 2. The number of hydrogen-bond donors (Lipinski definition) is 4. The van der Waals surface area contributed by atoms with Crippen LogP contribution in [0, 0.1) is 0 Å². The first kappa shape index (κ1) is 31.7. The van der Waals surface area contributed by atoms with Gasteiger partial charge in [-0.3, -0.25) is 0 Å². The average Bonchev–Trinajstić information content (AvgIpc) is 3.30. The highest BCUT2D eigenvalue weighted by Gasteiger charge is 2.25. The lowest BCUT2D eigenvalue weighted by Crippen LogP contribution is -2.42. The number of azo groups is 1. The summed E-state index contributed by atoms with van der Waals surface area (Å²) in [5, 5.41) is 9.64. The van der Waals surface area contributed by atoms with E-state index in [1.54, 1.807) is 0 Å². The molecule has 0 amide bonds. The third-order valence-electron chi connectivity index (χ3n) is 7.49. The molecule has 0 radical (unpaired) electrons. The lowest BCUT2D eigenvalue weighted by Gasteiger charge is -2.39. The van der Waals surface area contributed by atoms with Crippen LogP contribution in [-0.2, 0) is 13.1 Å². The van der Waals surface area contributed by atoms with Gasteiger partial charge < -0.3 is 32.7 Å². The van der Waals surface area contributed by atoms with Gasteiger partial charge in [0.1, 0.15) is 17.6 Å². The molecule has 1 aromatic carbocycles. The summed E-state index contributed by atoms with van der Waals surface area (Å²) in [4.78, 5) is 4.96. The van der Waals surface area contributed by atoms with Crippen LogP contribution in [0.2, 0.25) is 0 Å². The van der Waals surface area contributed by atoms with Gasteiger partial charge in [-0.05, 0) is 108 Å². The second-order valence-electron chi connectivity index (χ2n) is 10.8. The van der Waals surface area contributed by atoms with Crippen molar-refractivity contribution in [2.45, 2.75) is 71.4 Å². The largest absolute Gasteiger partial charge is 0.422 e. The molecular weight excluding hydrogens is 500 g/mol. The van der Waals surface area contributed by atoms with Crippen LogP contribution < -0.4 is 37.3 Å². The molecule has 0 saturated carbocycles. The fraction of sp³-hybridized carbons (Fsp3) is 0.633. The minimum atomic E-state index is 0.678. The summed E-state index contributed by atoms with van der Waals surface area (Å²) in [6.45, 7) is 14.8. The molecule has 10 heteroatoms. The standard InChI is InChI=1S/C30H53N10/c1-25(2)29-24-39(19-9-5-15-33)30(40(29)20-10-6-16-34)36-35-26-11-12-27-28(23-26)38(18-8-4-14-32)22-21-37(27)17-7-3-13-31/h11-12,23-24H,1,3-10,13-22,31-34H2,2H3/q+1. The number of fused-ring (bicyclic) bond motifs is 1. The van der Waals surface area contributed by atoms with Crippen molar-refractivity contribution < 1.29 is 4.57 Å². The smallest absolute Gasteiger partial charge is 0.368 e. The molecule has 0 atom stereocenters. The molecule has 0 fully saturated rings. The lowest BCUT2D eigenvalue weighted by atomic mass is 10.1. The van der Waals surface area contributed by atoms with Gasteiger partial charge in [-0.15, -0.1) is 0 Å². The summed E-state index contributed by atoms with van der Waals surface area (Å²) in [6.07, 6.45) is 10.3. The highest BCUT2D eigenvalue weighted by atomic mass is 15.3. The Morgan fingerprint density at radius 2 is 1.35 bits per heavy atom. The molecule has 0 bridgehead atoms. The monoisotopic (exact) mass is 553 g/mol. The van der Waals surface area contributed by atoms with E-state index in [2.05, 4.69) is 49.9 Å². The Kier molecular flexibility index (Phi) is 13.6. The van der Waals surface area contributed by atoms with Gasteiger partial charge in [-0.25, -0.2) is 9.13 Å². The first-order valence-corrected chi connectivity index (χ1v) is 15.2. The lowest BCUT2D eigenvalue weighted by molar-refractivity contribution is -0.684. The second-order valence-corrected chi connectivity index (χ2v) is 10.8. The van der Waals surface area contributed by atoms with Crippen LogP contribution in [0.15, 0.2) is 41.2 Å². The zero-order chi connectivity index (χ0) is 28.7. The van der Waals surface area contributed by atoms with Gasteiger partial charge in [0.15, 0.2) is 0 Å². The number of rotatable bonds is 19. The Bertz CT molecular complexity index is 1080. The van der Waals surface area contributed by atoms with E-state index in [4.69, 9.17) is 33.2 Å². The van der Waals surface area contributed by atoms with Crippen molar-refractivity contribution >= 4 is 28.6 Å². The first-order chi connectivity index (χ1) is 19.5. The van der Waals surface area contributed by atoms with Crippen LogP contribution in [0.25, 0.3) is 5.57 Å². The molecule has 8 N–H and O–H groups in total. The van der Waals surface area contributed by atoms with Crippen LogP contribution in [0.4, 0.5) is 23.0 Å². The van der Waals surface area contributed by atoms with Crippen LogP contribution >= 0.6 is 0 Å². The quantitative estimate of drug-likeness (QED) is 0.118. The molecular formula is C30H53N10+. The summed E-state index contributed by atoms with van der Waals surface area (Å²) in [7, 11) is 0. The molecule has 222 valence electrons. The van der Waals surface area contributed by atoms with E-state index in [-0.39, 0.29) is 0 Å². The molecule has 0 unspecified atom stereocenters. The third kappa shape index (κ3) is 8.86. The minimum Gasteiger partial charge on any atom is -0.368 e. The van der Waals surface area contributed by atoms with Gasteiger partial charge in [0.25, 0.3) is 0 Å². The molecule has 3 rings (SSSR count). The zero-order valence-electron chi connectivity index (χ0n) is 24.7. The maximum absolute atomic E-state index is 5.79. The second kappa shape index (κ2) is 17.1. The van der Waals surface area contributed by atoms with Crippen LogP contribution in [-0.4, -0.2) is 56.9 Å². The van der Waals surface area contributed by atoms with E-state index < -0.39 is 0 Å². The molecule has 0 saturated heterocycles. The van der Waals surface area contributed by atoms with Gasteiger partial charge in [-0.1, -0.05) is 11.7 Å². The molecule has 10 nitrogen and oxygen atoms in total. The molecule has 0 aliphatic carbocycles. The van der Waals surface area contributed by atoms with Crippen LogP contribution in [0.3, 0.4) is 0 Å². The van der Waals surface area contributed by atoms with Gasteiger partial charge in [-0.2, -0.15) is 0 Å². The summed E-state index contributed by atoms with van der Waals surface area (Å²) in [5.41, 5.74) is 28.6. The van der Waals surface area contributed by atoms with E-state index in [1.807, 2.05) is 6.92 Å². The van der Waals surface area contributed by atoms with Crippen molar-refractivity contribution in [3.05, 3.63) is 36.7 Å². The van der Waals surface area contributed by atoms with Gasteiger partial charge >= 0.3 is 5.95 Å². The summed E-state index contributed by atoms with van der Waals surface area (Å²) in [6, 6.07) is 6.48. The van der Waals surface area contributed by atoms with E-state index in [1.165, 1.54) is 11.4 Å². The van der Waals surface area contributed by atoms with E-state index in [9.17, 15) is 0 Å². The summed E-state index contributed by atoms with van der Waals surface area (Å²) < 4.78 is 4.43. The highest BCUT2D eigenvalue weighted by Crippen LogP contribution is 2.37. The summed E-state index contributed by atoms with van der Waals surface area (Å²) in [5.74, 6) is 0.841. The topological polar surface area (TPSA) is 144 Å². The Morgan fingerprint density at radius 1 is 0.775 bits per heavy atom. The Morgan fingerprint density at radius 3 is 1.95 bits per heavy atom. The fourth-order valence-corrected chi connectivity index (χ4v) is 5.25. The predicted molar refractivity (Wildman–Crippen MR) is 168 cm³/mol. The number of benzene rings is 1. The van der Waals surface area contributed by atoms with Gasteiger partial charge in [0, 0.05) is 31.3 Å². The first-order valence-electron chi connectivity index (χ1n) is 15.2. The molecule has 1 aliphatic heterocycles. The maximum atomic E-state index is 5.79. The number of nitrogens with zero attached hydrogens (tertiary/aromatic N) is 6. The number of aryl methyl sites for hydroxylation is 1. The van der Waals surface area contributed by atoms with Gasteiger partial charge in [0.2, 0.25) is 0 Å². The van der Waals surface area contributed by atoms with Crippen molar-refractivity contribution in [2.75, 3.05) is 62.2 Å². The molecule has 0 spiro atoms. The van der Waals surface area contributed by atoms with Gasteiger partial charge in [0.05, 0.1) is 24.5 Å². The number of nitrogens with two attached hydrogens (primary N) is 4. The van der Waals surface area contributed by atoms with E-state index in [0.29, 0.717) is 13.1 Å². The Labute approximate surface area is 241 Å².